The fraction of sp³-hybridized carbons (Fsp3) is 0.700. The van der Waals surface area contributed by atoms with E-state index in [-0.39, 0.29) is 0 Å². The number of hydrogen-bond acceptors (Lipinski definition) is 0. The van der Waals surface area contributed by atoms with Crippen LogP contribution >= 0.6 is 0 Å². The lowest BCUT2D eigenvalue weighted by Gasteiger charge is -2.21. The summed E-state index contributed by atoms with van der Waals surface area (Å²) in [6.07, 6.45) is 2.04. The Kier molecular flexibility index (Phi) is 3.84. The Hall–Kier alpha value is -0.263. The molecule has 0 N–H and O–H groups in total. The summed E-state index contributed by atoms with van der Waals surface area (Å²) in [7, 11) is -1.10. The zero-order valence-electron chi connectivity index (χ0n) is 8.65. The van der Waals surface area contributed by atoms with Gasteiger partial charge in [-0.1, -0.05) is 33.5 Å². The Labute approximate surface area is 72.0 Å². The maximum absolute atomic E-state index is 3.38. The summed E-state index contributed by atoms with van der Waals surface area (Å²) in [4.78, 5) is 0. The van der Waals surface area contributed by atoms with Crippen LogP contribution in [0.4, 0.5) is 0 Å². The number of rotatable bonds is 2. The van der Waals surface area contributed by atoms with Gasteiger partial charge in [-0.05, 0) is 24.1 Å². The maximum atomic E-state index is 3.38. The fourth-order valence-electron chi connectivity index (χ4n) is 1.40. The fourth-order valence-corrected chi connectivity index (χ4v) is 3.71. The lowest BCUT2D eigenvalue weighted by molar-refractivity contribution is 0.805. The van der Waals surface area contributed by atoms with E-state index in [1.807, 2.05) is 13.0 Å². The minimum Gasteiger partial charge on any atom is -0.131 e. The molecular weight excluding hydrogens is 148 g/mol. The highest BCUT2D eigenvalue weighted by molar-refractivity contribution is 6.83. The summed E-state index contributed by atoms with van der Waals surface area (Å²) in [5.74, 6) is 0.665. The molecule has 0 fully saturated rings. The summed E-state index contributed by atoms with van der Waals surface area (Å²) >= 11 is 0. The van der Waals surface area contributed by atoms with Crippen LogP contribution in [0.3, 0.4) is 0 Å². The Morgan fingerprint density at radius 2 is 1.73 bits per heavy atom. The molecule has 0 aliphatic rings. The monoisotopic (exact) mass is 168 g/mol. The zero-order valence-corrected chi connectivity index (χ0v) is 9.65. The molecule has 0 nitrogen and oxygen atoms in total. The Morgan fingerprint density at radius 3 is 1.82 bits per heavy atom. The van der Waals surface area contributed by atoms with Crippen molar-refractivity contribution >= 4 is 8.07 Å². The highest BCUT2D eigenvalue weighted by atomic mass is 28.3. The van der Waals surface area contributed by atoms with Crippen molar-refractivity contribution in [3.05, 3.63) is 17.0 Å². The minimum atomic E-state index is -1.10. The number of allylic oxidation sites excluding steroid dienone is 1. The van der Waals surface area contributed by atoms with Gasteiger partial charge in [-0.2, -0.15) is 0 Å². The zero-order chi connectivity index (χ0) is 9.07. The van der Waals surface area contributed by atoms with Crippen LogP contribution in [0.15, 0.2) is 17.0 Å². The normalized spacial score (nSPS) is 11.2. The third-order valence-electron chi connectivity index (χ3n) is 1.69. The summed E-state index contributed by atoms with van der Waals surface area (Å²) in [6, 6.07) is 0. The SMILES string of the molecule is CC=C=C(C(C)C)[Si](C)(C)C. The largest absolute Gasteiger partial charge is 0.131 e. The van der Waals surface area contributed by atoms with Crippen molar-refractivity contribution in [3.8, 4) is 0 Å². The van der Waals surface area contributed by atoms with Gasteiger partial charge in [0.1, 0.15) is 0 Å². The Bertz CT molecular complexity index is 176. The first-order valence-electron chi connectivity index (χ1n) is 4.31. The molecule has 0 rings (SSSR count). The van der Waals surface area contributed by atoms with Gasteiger partial charge in [0.2, 0.25) is 0 Å². The van der Waals surface area contributed by atoms with Crippen LogP contribution in [-0.2, 0) is 0 Å². The van der Waals surface area contributed by atoms with Gasteiger partial charge in [-0.3, -0.25) is 0 Å². The van der Waals surface area contributed by atoms with E-state index in [1.54, 1.807) is 5.20 Å². The molecule has 11 heavy (non-hydrogen) atoms. The van der Waals surface area contributed by atoms with Gasteiger partial charge in [-0.15, -0.1) is 5.73 Å². The van der Waals surface area contributed by atoms with Crippen LogP contribution in [0.1, 0.15) is 20.8 Å². The Balaban J connectivity index is 4.79. The summed E-state index contributed by atoms with van der Waals surface area (Å²) in [6.45, 7) is 13.7. The van der Waals surface area contributed by atoms with Crippen molar-refractivity contribution in [2.75, 3.05) is 0 Å². The molecule has 64 valence electrons. The van der Waals surface area contributed by atoms with Gasteiger partial charge in [0.25, 0.3) is 0 Å². The predicted molar refractivity (Wildman–Crippen MR) is 55.5 cm³/mol. The molecule has 1 heteroatoms. The molecular formula is C10H20Si. The summed E-state index contributed by atoms with van der Waals surface area (Å²) < 4.78 is 0. The van der Waals surface area contributed by atoms with Crippen LogP contribution < -0.4 is 0 Å². The standard InChI is InChI=1S/C10H20Si/c1-7-8-10(9(2)3)11(4,5)6/h7,9H,1-6H3. The van der Waals surface area contributed by atoms with Crippen LogP contribution in [0.25, 0.3) is 0 Å². The first-order chi connectivity index (χ1) is 4.89. The quantitative estimate of drug-likeness (QED) is 0.436. The van der Waals surface area contributed by atoms with E-state index in [0.717, 1.165) is 0 Å². The van der Waals surface area contributed by atoms with Gasteiger partial charge in [0.15, 0.2) is 0 Å². The van der Waals surface area contributed by atoms with E-state index in [9.17, 15) is 0 Å². The third kappa shape index (κ3) is 3.59. The summed E-state index contributed by atoms with van der Waals surface area (Å²) in [5.41, 5.74) is 3.38. The molecule has 0 heterocycles. The molecule has 0 aliphatic carbocycles. The molecule has 0 aromatic rings. The van der Waals surface area contributed by atoms with Crippen molar-refractivity contribution in [1.29, 1.82) is 0 Å². The molecule has 0 bridgehead atoms. The molecule has 0 saturated carbocycles. The van der Waals surface area contributed by atoms with Crippen molar-refractivity contribution < 1.29 is 0 Å². The van der Waals surface area contributed by atoms with Crippen LogP contribution in [0.2, 0.25) is 19.6 Å². The van der Waals surface area contributed by atoms with Gasteiger partial charge in [0.05, 0.1) is 8.07 Å². The average molecular weight is 168 g/mol. The van der Waals surface area contributed by atoms with E-state index in [2.05, 4.69) is 39.2 Å². The first-order valence-corrected chi connectivity index (χ1v) is 7.81. The highest BCUT2D eigenvalue weighted by Gasteiger charge is 2.21. The van der Waals surface area contributed by atoms with Crippen LogP contribution in [-0.4, -0.2) is 8.07 Å². The third-order valence-corrected chi connectivity index (χ3v) is 4.02. The molecule has 0 saturated heterocycles. The van der Waals surface area contributed by atoms with E-state index >= 15 is 0 Å². The Morgan fingerprint density at radius 1 is 1.27 bits per heavy atom. The lowest BCUT2D eigenvalue weighted by atomic mass is 10.2. The van der Waals surface area contributed by atoms with Crippen molar-refractivity contribution in [2.24, 2.45) is 5.92 Å². The molecule has 0 aromatic carbocycles. The molecule has 0 atom stereocenters. The molecule has 0 unspecified atom stereocenters. The van der Waals surface area contributed by atoms with Gasteiger partial charge in [-0.25, -0.2) is 0 Å². The van der Waals surface area contributed by atoms with Crippen molar-refractivity contribution in [2.45, 2.75) is 40.4 Å². The first kappa shape index (κ1) is 10.7. The second-order valence-corrected chi connectivity index (χ2v) is 9.29. The van der Waals surface area contributed by atoms with Crippen molar-refractivity contribution in [3.63, 3.8) is 0 Å². The molecule has 0 aliphatic heterocycles. The predicted octanol–water partition coefficient (Wildman–Crippen LogP) is 3.62. The highest BCUT2D eigenvalue weighted by Crippen LogP contribution is 2.20. The maximum Gasteiger partial charge on any atom is 0.0826 e. The second-order valence-electron chi connectivity index (χ2n) is 4.25. The van der Waals surface area contributed by atoms with Gasteiger partial charge >= 0.3 is 0 Å². The van der Waals surface area contributed by atoms with E-state index in [4.69, 9.17) is 0 Å². The van der Waals surface area contributed by atoms with E-state index in [0.29, 0.717) is 5.92 Å². The van der Waals surface area contributed by atoms with Crippen molar-refractivity contribution in [1.82, 2.24) is 0 Å². The lowest BCUT2D eigenvalue weighted by Crippen LogP contribution is -2.26. The summed E-state index contributed by atoms with van der Waals surface area (Å²) in [5, 5.41) is 1.54. The van der Waals surface area contributed by atoms with Crippen LogP contribution in [0, 0.1) is 5.92 Å². The topological polar surface area (TPSA) is 0 Å². The van der Waals surface area contributed by atoms with Gasteiger partial charge in [0, 0.05) is 0 Å². The smallest absolute Gasteiger partial charge is 0.0826 e. The number of hydrogen-bond donors (Lipinski definition) is 0. The van der Waals surface area contributed by atoms with E-state index in [1.165, 1.54) is 0 Å². The van der Waals surface area contributed by atoms with Gasteiger partial charge < -0.3 is 0 Å². The molecule has 0 aromatic heterocycles. The molecule has 0 amide bonds. The molecule has 0 radical (unpaired) electrons. The van der Waals surface area contributed by atoms with Crippen LogP contribution in [0.5, 0.6) is 0 Å². The molecule has 0 spiro atoms. The minimum absolute atomic E-state index is 0.665. The van der Waals surface area contributed by atoms with E-state index < -0.39 is 8.07 Å². The average Bonchev–Trinajstić information content (AvgIpc) is 1.79. The second kappa shape index (κ2) is 3.94.